The van der Waals surface area contributed by atoms with Gasteiger partial charge in [0, 0.05) is 26.2 Å². The van der Waals surface area contributed by atoms with Gasteiger partial charge in [0.15, 0.2) is 5.40 Å². The summed E-state index contributed by atoms with van der Waals surface area (Å²) in [5.41, 5.74) is 0. The van der Waals surface area contributed by atoms with Crippen molar-refractivity contribution in [2.75, 3.05) is 13.6 Å². The number of rotatable bonds is 4. The monoisotopic (exact) mass is 284 g/mol. The van der Waals surface area contributed by atoms with Gasteiger partial charge in [0.25, 0.3) is 0 Å². The van der Waals surface area contributed by atoms with Gasteiger partial charge in [0.2, 0.25) is 0 Å². The van der Waals surface area contributed by atoms with Gasteiger partial charge in [-0.3, -0.25) is 9.13 Å². The summed E-state index contributed by atoms with van der Waals surface area (Å²) in [6.07, 6.45) is 2.69. The van der Waals surface area contributed by atoms with Crippen LogP contribution in [0.25, 0.3) is 0 Å². The standard InChI is InChI=1S/C7H14N2O6P2/c1-9-4-2-3-8-6(9)5-7(16(10,11)12)17(13,14)15/h2-3,7H,4-5H2,1H3,(H2,10,11,12)(H2,13,14,15). The SMILES string of the molecule is CN1CC=CN=C1CC(P(=O)(O)O)P(=O)(O)O. The summed E-state index contributed by atoms with van der Waals surface area (Å²) in [6.45, 7) is 0.480. The van der Waals surface area contributed by atoms with E-state index < -0.39 is 27.0 Å². The summed E-state index contributed by atoms with van der Waals surface area (Å²) in [5.74, 6) is 0.240. The van der Waals surface area contributed by atoms with Gasteiger partial charge in [-0.05, 0) is 6.08 Å². The minimum absolute atomic E-state index is 0.240. The zero-order chi connectivity index (χ0) is 13.3. The minimum atomic E-state index is -4.89. The van der Waals surface area contributed by atoms with Gasteiger partial charge in [0.1, 0.15) is 5.84 Å². The Bertz CT molecular complexity index is 414. The maximum atomic E-state index is 11.1. The third-order valence-corrected chi connectivity index (χ3v) is 6.01. The molecule has 0 saturated carbocycles. The van der Waals surface area contributed by atoms with Gasteiger partial charge in [-0.25, -0.2) is 4.99 Å². The Morgan fingerprint density at radius 3 is 2.29 bits per heavy atom. The average Bonchev–Trinajstić information content (AvgIpc) is 2.12. The first-order valence-corrected chi connectivity index (χ1v) is 8.02. The van der Waals surface area contributed by atoms with Gasteiger partial charge in [-0.1, -0.05) is 0 Å². The molecule has 0 radical (unpaired) electrons. The molecule has 0 aromatic rings. The van der Waals surface area contributed by atoms with E-state index in [0.717, 1.165) is 0 Å². The first kappa shape index (κ1) is 14.6. The van der Waals surface area contributed by atoms with Gasteiger partial charge in [0.05, 0.1) is 0 Å². The van der Waals surface area contributed by atoms with Crippen molar-refractivity contribution < 1.29 is 28.7 Å². The molecular weight excluding hydrogens is 270 g/mol. The van der Waals surface area contributed by atoms with E-state index in [1.807, 2.05) is 0 Å². The van der Waals surface area contributed by atoms with Crippen molar-refractivity contribution in [3.8, 4) is 0 Å². The minimum Gasteiger partial charge on any atom is -0.359 e. The van der Waals surface area contributed by atoms with Gasteiger partial charge < -0.3 is 24.5 Å². The Kier molecular flexibility index (Phi) is 4.30. The number of amidine groups is 1. The van der Waals surface area contributed by atoms with Crippen LogP contribution in [0.3, 0.4) is 0 Å². The molecule has 0 aromatic heterocycles. The summed E-state index contributed by atoms with van der Waals surface area (Å²) in [7, 11) is -8.15. The van der Waals surface area contributed by atoms with E-state index in [2.05, 4.69) is 4.99 Å². The Labute approximate surface area is 98.0 Å². The van der Waals surface area contributed by atoms with E-state index in [1.165, 1.54) is 6.20 Å². The van der Waals surface area contributed by atoms with Crippen LogP contribution in [0, 0.1) is 0 Å². The predicted molar refractivity (Wildman–Crippen MR) is 61.7 cm³/mol. The first-order chi connectivity index (χ1) is 7.62. The van der Waals surface area contributed by atoms with Crippen LogP contribution >= 0.6 is 15.2 Å². The molecule has 0 saturated heterocycles. The van der Waals surface area contributed by atoms with Crippen LogP contribution < -0.4 is 0 Å². The topological polar surface area (TPSA) is 131 Å². The third kappa shape index (κ3) is 4.03. The van der Waals surface area contributed by atoms with E-state index in [1.54, 1.807) is 18.0 Å². The molecule has 0 aromatic carbocycles. The number of hydrogen-bond acceptors (Lipinski definition) is 4. The average molecular weight is 284 g/mol. The zero-order valence-electron chi connectivity index (χ0n) is 9.04. The summed E-state index contributed by atoms with van der Waals surface area (Å²) in [4.78, 5) is 41.2. The molecule has 0 bridgehead atoms. The molecule has 0 fully saturated rings. The van der Waals surface area contributed by atoms with Crippen molar-refractivity contribution in [2.45, 2.75) is 11.8 Å². The summed E-state index contributed by atoms with van der Waals surface area (Å²) < 4.78 is 22.1. The number of aliphatic imine (C=N–C) groups is 1. The van der Waals surface area contributed by atoms with Gasteiger partial charge >= 0.3 is 15.2 Å². The quantitative estimate of drug-likeness (QED) is 0.531. The van der Waals surface area contributed by atoms with Crippen LogP contribution in [0.15, 0.2) is 17.3 Å². The fourth-order valence-electron chi connectivity index (χ4n) is 1.35. The fraction of sp³-hybridized carbons (Fsp3) is 0.571. The lowest BCUT2D eigenvalue weighted by molar-refractivity contribution is 0.338. The first-order valence-electron chi connectivity index (χ1n) is 4.65. The third-order valence-electron chi connectivity index (χ3n) is 2.29. The second-order valence-electron chi connectivity index (χ2n) is 3.67. The van der Waals surface area contributed by atoms with E-state index in [0.29, 0.717) is 6.54 Å². The molecule has 1 heterocycles. The van der Waals surface area contributed by atoms with Crippen LogP contribution in [0.4, 0.5) is 0 Å². The van der Waals surface area contributed by atoms with Crippen molar-refractivity contribution in [1.82, 2.24) is 4.90 Å². The molecule has 4 N–H and O–H groups in total. The fourth-order valence-corrected chi connectivity index (χ4v) is 3.72. The van der Waals surface area contributed by atoms with Crippen molar-refractivity contribution in [2.24, 2.45) is 4.99 Å². The molecule has 0 spiro atoms. The lowest BCUT2D eigenvalue weighted by Gasteiger charge is -2.26. The Morgan fingerprint density at radius 2 is 1.88 bits per heavy atom. The number of hydrogen-bond donors (Lipinski definition) is 4. The lowest BCUT2D eigenvalue weighted by Crippen LogP contribution is -2.31. The van der Waals surface area contributed by atoms with E-state index in [-0.39, 0.29) is 5.84 Å². The van der Waals surface area contributed by atoms with Crippen LogP contribution in [0.2, 0.25) is 0 Å². The van der Waals surface area contributed by atoms with Gasteiger partial charge in [-0.2, -0.15) is 0 Å². The van der Waals surface area contributed by atoms with Crippen LogP contribution in [-0.4, -0.2) is 49.3 Å². The molecule has 1 rings (SSSR count). The molecule has 0 amide bonds. The smallest absolute Gasteiger partial charge is 0.341 e. The second-order valence-corrected chi connectivity index (χ2v) is 7.68. The maximum Gasteiger partial charge on any atom is 0.341 e. The van der Waals surface area contributed by atoms with Crippen molar-refractivity contribution >= 4 is 21.0 Å². The van der Waals surface area contributed by atoms with Crippen molar-refractivity contribution in [1.29, 1.82) is 0 Å². The maximum absolute atomic E-state index is 11.1. The highest BCUT2D eigenvalue weighted by Gasteiger charge is 2.44. The molecule has 0 atom stereocenters. The zero-order valence-corrected chi connectivity index (χ0v) is 10.8. The van der Waals surface area contributed by atoms with Crippen molar-refractivity contribution in [3.63, 3.8) is 0 Å². The molecule has 17 heavy (non-hydrogen) atoms. The highest BCUT2D eigenvalue weighted by molar-refractivity contribution is 7.70. The van der Waals surface area contributed by atoms with Gasteiger partial charge in [-0.15, -0.1) is 0 Å². The number of nitrogens with zero attached hydrogens (tertiary/aromatic N) is 2. The summed E-state index contributed by atoms with van der Waals surface area (Å²) >= 11 is 0. The molecule has 98 valence electrons. The molecule has 0 aliphatic carbocycles. The van der Waals surface area contributed by atoms with Crippen molar-refractivity contribution in [3.05, 3.63) is 12.3 Å². The van der Waals surface area contributed by atoms with E-state index in [9.17, 15) is 9.13 Å². The Balaban J connectivity index is 2.96. The highest BCUT2D eigenvalue weighted by atomic mass is 31.2. The second kappa shape index (κ2) is 5.02. The largest absolute Gasteiger partial charge is 0.359 e. The molecule has 8 nitrogen and oxygen atoms in total. The Hall–Kier alpha value is -0.490. The van der Waals surface area contributed by atoms with E-state index >= 15 is 0 Å². The lowest BCUT2D eigenvalue weighted by atomic mass is 10.3. The summed E-state index contributed by atoms with van der Waals surface area (Å²) in [6, 6.07) is 0. The highest BCUT2D eigenvalue weighted by Crippen LogP contribution is 2.61. The Morgan fingerprint density at radius 1 is 1.35 bits per heavy atom. The van der Waals surface area contributed by atoms with E-state index in [4.69, 9.17) is 19.6 Å². The molecule has 1 aliphatic rings. The number of likely N-dealkylation sites (N-methyl/N-ethyl adjacent to an activating group) is 1. The normalized spacial score (nSPS) is 17.5. The van der Waals surface area contributed by atoms with Crippen LogP contribution in [0.5, 0.6) is 0 Å². The van der Waals surface area contributed by atoms with Crippen LogP contribution in [0.1, 0.15) is 6.42 Å². The molecule has 1 aliphatic heterocycles. The molecular formula is C7H14N2O6P2. The summed E-state index contributed by atoms with van der Waals surface area (Å²) in [5, 5.41) is -2.04. The molecule has 0 unspecified atom stereocenters. The molecule has 10 heteroatoms. The predicted octanol–water partition coefficient (Wildman–Crippen LogP) is -0.0844. The van der Waals surface area contributed by atoms with Crippen LogP contribution in [-0.2, 0) is 9.13 Å².